The maximum atomic E-state index is 12.7. The summed E-state index contributed by atoms with van der Waals surface area (Å²) in [7, 11) is -1.92. The van der Waals surface area contributed by atoms with Gasteiger partial charge in [-0.1, -0.05) is 6.07 Å². The molecule has 1 heterocycles. The zero-order valence-electron chi connectivity index (χ0n) is 11.8. The molecular formula is C14H19N3O2S. The first kappa shape index (κ1) is 15.0. The van der Waals surface area contributed by atoms with Crippen LogP contribution in [0.2, 0.25) is 0 Å². The molecule has 0 bridgehead atoms. The number of sulfonamides is 1. The molecule has 0 saturated carbocycles. The van der Waals surface area contributed by atoms with Crippen molar-refractivity contribution in [2.45, 2.75) is 30.7 Å². The second-order valence-electron chi connectivity index (χ2n) is 5.09. The Bertz CT molecular complexity index is 628. The van der Waals surface area contributed by atoms with E-state index in [0.717, 1.165) is 25.9 Å². The Balaban J connectivity index is 2.36. The van der Waals surface area contributed by atoms with Gasteiger partial charge in [-0.3, -0.25) is 0 Å². The van der Waals surface area contributed by atoms with Gasteiger partial charge in [-0.25, -0.2) is 8.42 Å². The highest BCUT2D eigenvalue weighted by atomic mass is 32.2. The van der Waals surface area contributed by atoms with Crippen molar-refractivity contribution in [1.29, 1.82) is 5.26 Å². The van der Waals surface area contributed by atoms with Gasteiger partial charge in [-0.2, -0.15) is 9.57 Å². The smallest absolute Gasteiger partial charge is 0.243 e. The predicted molar refractivity (Wildman–Crippen MR) is 76.7 cm³/mol. The van der Waals surface area contributed by atoms with Crippen molar-refractivity contribution in [2.24, 2.45) is 0 Å². The minimum absolute atomic E-state index is 0.0198. The molecule has 1 aliphatic heterocycles. The summed E-state index contributed by atoms with van der Waals surface area (Å²) < 4.78 is 26.9. The Morgan fingerprint density at radius 2 is 2.00 bits per heavy atom. The number of nitriles is 1. The zero-order chi connectivity index (χ0) is 14.8. The summed E-state index contributed by atoms with van der Waals surface area (Å²) in [6.45, 7) is 3.42. The number of rotatable bonds is 3. The third-order valence-corrected chi connectivity index (χ3v) is 5.85. The molecule has 1 aromatic carbocycles. The maximum Gasteiger partial charge on any atom is 0.243 e. The largest absolute Gasteiger partial charge is 0.317 e. The number of aryl methyl sites for hydroxylation is 1. The van der Waals surface area contributed by atoms with E-state index in [1.807, 2.05) is 6.07 Å². The van der Waals surface area contributed by atoms with Gasteiger partial charge in [0, 0.05) is 13.1 Å². The topological polar surface area (TPSA) is 73.2 Å². The molecule has 0 unspecified atom stereocenters. The van der Waals surface area contributed by atoms with Crippen molar-refractivity contribution in [3.8, 4) is 6.07 Å². The molecule has 1 saturated heterocycles. The summed E-state index contributed by atoms with van der Waals surface area (Å²) in [5, 5.41) is 12.2. The van der Waals surface area contributed by atoms with Gasteiger partial charge in [-0.15, -0.1) is 0 Å². The van der Waals surface area contributed by atoms with E-state index in [1.165, 1.54) is 10.4 Å². The van der Waals surface area contributed by atoms with E-state index in [1.54, 1.807) is 26.1 Å². The maximum absolute atomic E-state index is 12.7. The lowest BCUT2D eigenvalue weighted by molar-refractivity contribution is 0.296. The van der Waals surface area contributed by atoms with Crippen molar-refractivity contribution >= 4 is 10.0 Å². The highest BCUT2D eigenvalue weighted by Gasteiger charge is 2.30. The number of piperidine rings is 1. The molecule has 0 aromatic heterocycles. The van der Waals surface area contributed by atoms with Gasteiger partial charge in [0.2, 0.25) is 10.0 Å². The van der Waals surface area contributed by atoms with Gasteiger partial charge in [0.1, 0.15) is 0 Å². The molecule has 2 rings (SSSR count). The fourth-order valence-electron chi connectivity index (χ4n) is 2.47. The SMILES string of the molecule is Cc1ccc(C#N)cc1S(=O)(=O)N(C)C1CCNCC1. The number of nitrogens with one attached hydrogen (secondary N) is 1. The molecule has 0 atom stereocenters. The van der Waals surface area contributed by atoms with Crippen LogP contribution in [-0.4, -0.2) is 38.9 Å². The third-order valence-electron chi connectivity index (χ3n) is 3.80. The van der Waals surface area contributed by atoms with Crippen molar-refractivity contribution in [2.75, 3.05) is 20.1 Å². The van der Waals surface area contributed by atoms with Crippen LogP contribution in [0.4, 0.5) is 0 Å². The lowest BCUT2D eigenvalue weighted by Crippen LogP contribution is -2.44. The van der Waals surface area contributed by atoms with Gasteiger partial charge < -0.3 is 5.32 Å². The van der Waals surface area contributed by atoms with Crippen molar-refractivity contribution in [3.05, 3.63) is 29.3 Å². The van der Waals surface area contributed by atoms with E-state index in [-0.39, 0.29) is 10.9 Å². The van der Waals surface area contributed by atoms with E-state index in [4.69, 9.17) is 5.26 Å². The van der Waals surface area contributed by atoms with E-state index in [0.29, 0.717) is 11.1 Å². The lowest BCUT2D eigenvalue weighted by atomic mass is 10.1. The quantitative estimate of drug-likeness (QED) is 0.910. The standard InChI is InChI=1S/C14H19N3O2S/c1-11-3-4-12(10-15)9-14(11)20(18,19)17(2)13-5-7-16-8-6-13/h3-4,9,13,16H,5-8H2,1-2H3. The zero-order valence-corrected chi connectivity index (χ0v) is 12.6. The van der Waals surface area contributed by atoms with E-state index < -0.39 is 10.0 Å². The van der Waals surface area contributed by atoms with Crippen LogP contribution in [0, 0.1) is 18.3 Å². The Morgan fingerprint density at radius 3 is 2.60 bits per heavy atom. The molecule has 1 aromatic rings. The van der Waals surface area contributed by atoms with Crippen molar-refractivity contribution < 1.29 is 8.42 Å². The Hall–Kier alpha value is -1.42. The first-order valence-corrected chi connectivity index (χ1v) is 8.10. The highest BCUT2D eigenvalue weighted by molar-refractivity contribution is 7.89. The molecule has 108 valence electrons. The minimum Gasteiger partial charge on any atom is -0.317 e. The Morgan fingerprint density at radius 1 is 1.35 bits per heavy atom. The third kappa shape index (κ3) is 2.85. The summed E-state index contributed by atoms with van der Waals surface area (Å²) in [4.78, 5) is 0.234. The first-order valence-electron chi connectivity index (χ1n) is 6.66. The van der Waals surface area contributed by atoms with E-state index >= 15 is 0 Å². The summed E-state index contributed by atoms with van der Waals surface area (Å²) in [6.07, 6.45) is 1.62. The number of nitrogens with zero attached hydrogens (tertiary/aromatic N) is 2. The molecule has 6 heteroatoms. The molecule has 1 N–H and O–H groups in total. The molecule has 0 amide bonds. The fraction of sp³-hybridized carbons (Fsp3) is 0.500. The predicted octanol–water partition coefficient (Wildman–Crippen LogP) is 1.24. The van der Waals surface area contributed by atoms with Gasteiger partial charge in [0.15, 0.2) is 0 Å². The molecule has 1 aliphatic rings. The second-order valence-corrected chi connectivity index (χ2v) is 7.06. The lowest BCUT2D eigenvalue weighted by Gasteiger charge is -2.31. The first-order chi connectivity index (χ1) is 9.46. The van der Waals surface area contributed by atoms with Crippen molar-refractivity contribution in [3.63, 3.8) is 0 Å². The monoisotopic (exact) mass is 293 g/mol. The van der Waals surface area contributed by atoms with E-state index in [2.05, 4.69) is 5.32 Å². The van der Waals surface area contributed by atoms with Crippen LogP contribution < -0.4 is 5.32 Å². The van der Waals surface area contributed by atoms with Crippen LogP contribution in [-0.2, 0) is 10.0 Å². The summed E-state index contributed by atoms with van der Waals surface area (Å²) >= 11 is 0. The Labute approximate surface area is 120 Å². The molecule has 1 fully saturated rings. The summed E-state index contributed by atoms with van der Waals surface area (Å²) in [5.41, 5.74) is 1.04. The second kappa shape index (κ2) is 5.92. The van der Waals surface area contributed by atoms with Crippen LogP contribution in [0.5, 0.6) is 0 Å². The van der Waals surface area contributed by atoms with Crippen molar-refractivity contribution in [1.82, 2.24) is 9.62 Å². The van der Waals surface area contributed by atoms with E-state index in [9.17, 15) is 8.42 Å². The van der Waals surface area contributed by atoms with Gasteiger partial charge in [0.05, 0.1) is 16.5 Å². The number of benzene rings is 1. The normalized spacial score (nSPS) is 17.1. The summed E-state index contributed by atoms with van der Waals surface area (Å²) in [5.74, 6) is 0. The average molecular weight is 293 g/mol. The van der Waals surface area contributed by atoms with Gasteiger partial charge in [0.25, 0.3) is 0 Å². The highest BCUT2D eigenvalue weighted by Crippen LogP contribution is 2.24. The van der Waals surface area contributed by atoms with Crippen LogP contribution in [0.1, 0.15) is 24.0 Å². The van der Waals surface area contributed by atoms with Gasteiger partial charge in [-0.05, 0) is 50.6 Å². The number of hydrogen-bond donors (Lipinski definition) is 1. The summed E-state index contributed by atoms with van der Waals surface area (Å²) in [6, 6.07) is 6.79. The minimum atomic E-state index is -3.55. The van der Waals surface area contributed by atoms with Crippen LogP contribution >= 0.6 is 0 Å². The molecule has 20 heavy (non-hydrogen) atoms. The number of hydrogen-bond acceptors (Lipinski definition) is 4. The van der Waals surface area contributed by atoms with Crippen LogP contribution in [0.15, 0.2) is 23.1 Å². The fourth-order valence-corrected chi connectivity index (χ4v) is 4.13. The molecule has 5 nitrogen and oxygen atoms in total. The van der Waals surface area contributed by atoms with Gasteiger partial charge >= 0.3 is 0 Å². The van der Waals surface area contributed by atoms with Crippen LogP contribution in [0.25, 0.3) is 0 Å². The molecule has 0 spiro atoms. The van der Waals surface area contributed by atoms with Crippen LogP contribution in [0.3, 0.4) is 0 Å². The molecular weight excluding hydrogens is 274 g/mol. The molecule has 0 aliphatic carbocycles. The molecule has 0 radical (unpaired) electrons. The average Bonchev–Trinajstić information content (AvgIpc) is 2.47. The Kier molecular flexibility index (Phi) is 4.43.